The van der Waals surface area contributed by atoms with Gasteiger partial charge in [0.1, 0.15) is 16.7 Å². The number of sulfonamides is 1. The Bertz CT molecular complexity index is 1160. The predicted molar refractivity (Wildman–Crippen MR) is 135 cm³/mol. The number of carboxylic acid groups (broad SMARTS) is 1. The summed E-state index contributed by atoms with van der Waals surface area (Å²) in [7, 11) is -1.92. The number of aromatic carboxylic acids is 1. The van der Waals surface area contributed by atoms with Crippen molar-refractivity contribution in [1.29, 1.82) is 0 Å². The van der Waals surface area contributed by atoms with E-state index in [1.165, 1.54) is 4.31 Å². The molecule has 0 unspecified atom stereocenters. The standard InChI is InChI=1S/C26H34N2O6S/c1-5-6-20-9-12-25-23(13-20)34-24(18(2)14-28(19(3)17-29)35(25,32)33)16-27(4)15-21-7-10-22(11-8-21)26(30)31/h5-13,18-19,24,29H,14-17H2,1-4H3,(H,30,31)/t18-,19+,24-/m1/s1. The first-order chi connectivity index (χ1) is 16.6. The van der Waals surface area contributed by atoms with Crippen molar-refractivity contribution in [3.63, 3.8) is 0 Å². The summed E-state index contributed by atoms with van der Waals surface area (Å²) in [6, 6.07) is 11.2. The minimum atomic E-state index is -3.87. The third kappa shape index (κ3) is 6.29. The molecule has 0 saturated heterocycles. The third-order valence-corrected chi connectivity index (χ3v) is 8.21. The van der Waals surface area contributed by atoms with Crippen molar-refractivity contribution in [3.05, 3.63) is 65.2 Å². The van der Waals surface area contributed by atoms with E-state index in [0.29, 0.717) is 18.8 Å². The Morgan fingerprint density at radius 3 is 2.54 bits per heavy atom. The van der Waals surface area contributed by atoms with Gasteiger partial charge in [-0.25, -0.2) is 13.2 Å². The van der Waals surface area contributed by atoms with Crippen LogP contribution in [0.2, 0.25) is 0 Å². The van der Waals surface area contributed by atoms with Crippen molar-refractivity contribution in [3.8, 4) is 5.75 Å². The summed E-state index contributed by atoms with van der Waals surface area (Å²) in [5.74, 6) is -0.824. The SMILES string of the molecule is CC=Cc1ccc2c(c1)O[C@H](CN(C)Cc1ccc(C(=O)O)cc1)[C@H](C)CN([C@@H](C)CO)S2(=O)=O. The molecule has 190 valence electrons. The second kappa shape index (κ2) is 11.3. The fourth-order valence-electron chi connectivity index (χ4n) is 4.19. The van der Waals surface area contributed by atoms with Crippen molar-refractivity contribution >= 4 is 22.1 Å². The van der Waals surface area contributed by atoms with Crippen molar-refractivity contribution < 1.29 is 28.2 Å². The summed E-state index contributed by atoms with van der Waals surface area (Å²) in [6.45, 7) is 6.57. The van der Waals surface area contributed by atoms with Crippen LogP contribution in [0, 0.1) is 5.92 Å². The number of carbonyl (C=O) groups is 1. The second-order valence-electron chi connectivity index (χ2n) is 9.14. The van der Waals surface area contributed by atoms with Crippen molar-refractivity contribution in [1.82, 2.24) is 9.21 Å². The first-order valence-electron chi connectivity index (χ1n) is 11.6. The highest BCUT2D eigenvalue weighted by Crippen LogP contribution is 2.34. The van der Waals surface area contributed by atoms with Gasteiger partial charge in [0.25, 0.3) is 0 Å². The monoisotopic (exact) mass is 502 g/mol. The van der Waals surface area contributed by atoms with Crippen LogP contribution in [0.5, 0.6) is 5.75 Å². The maximum atomic E-state index is 13.5. The number of carboxylic acids is 1. The fourth-order valence-corrected chi connectivity index (χ4v) is 6.02. The van der Waals surface area contributed by atoms with E-state index in [9.17, 15) is 18.3 Å². The quantitative estimate of drug-likeness (QED) is 0.570. The highest BCUT2D eigenvalue weighted by atomic mass is 32.2. The molecule has 0 saturated carbocycles. The van der Waals surface area contributed by atoms with E-state index < -0.39 is 22.0 Å². The van der Waals surface area contributed by atoms with Gasteiger partial charge < -0.3 is 14.9 Å². The van der Waals surface area contributed by atoms with E-state index in [2.05, 4.69) is 4.90 Å². The van der Waals surface area contributed by atoms with Gasteiger partial charge in [-0.2, -0.15) is 4.31 Å². The smallest absolute Gasteiger partial charge is 0.335 e. The maximum absolute atomic E-state index is 13.5. The number of hydrogen-bond acceptors (Lipinski definition) is 6. The van der Waals surface area contributed by atoms with E-state index in [4.69, 9.17) is 9.84 Å². The Morgan fingerprint density at radius 1 is 1.26 bits per heavy atom. The number of ether oxygens (including phenoxy) is 1. The molecule has 0 aliphatic carbocycles. The molecule has 8 nitrogen and oxygen atoms in total. The number of aliphatic hydroxyl groups is 1. The highest BCUT2D eigenvalue weighted by molar-refractivity contribution is 7.89. The molecule has 0 amide bonds. The molecular weight excluding hydrogens is 468 g/mol. The van der Waals surface area contributed by atoms with Gasteiger partial charge in [-0.3, -0.25) is 4.90 Å². The Balaban J connectivity index is 1.91. The van der Waals surface area contributed by atoms with Crippen LogP contribution in [0.25, 0.3) is 6.08 Å². The van der Waals surface area contributed by atoms with Crippen LogP contribution >= 0.6 is 0 Å². The van der Waals surface area contributed by atoms with E-state index in [1.54, 1.807) is 49.4 Å². The van der Waals surface area contributed by atoms with Gasteiger partial charge >= 0.3 is 5.97 Å². The van der Waals surface area contributed by atoms with Crippen LogP contribution in [0.1, 0.15) is 42.3 Å². The number of rotatable bonds is 8. The van der Waals surface area contributed by atoms with Crippen molar-refractivity contribution in [2.75, 3.05) is 26.7 Å². The molecule has 3 atom stereocenters. The number of aliphatic hydroxyl groups excluding tert-OH is 1. The molecule has 3 rings (SSSR count). The largest absolute Gasteiger partial charge is 0.487 e. The number of nitrogens with zero attached hydrogens (tertiary/aromatic N) is 2. The van der Waals surface area contributed by atoms with Crippen LogP contribution in [0.3, 0.4) is 0 Å². The first-order valence-corrected chi connectivity index (χ1v) is 13.1. The van der Waals surface area contributed by atoms with E-state index >= 15 is 0 Å². The van der Waals surface area contributed by atoms with Gasteiger partial charge in [0.15, 0.2) is 0 Å². The molecule has 35 heavy (non-hydrogen) atoms. The van der Waals surface area contributed by atoms with Crippen LogP contribution in [-0.4, -0.2) is 72.7 Å². The molecule has 9 heteroatoms. The highest BCUT2D eigenvalue weighted by Gasteiger charge is 2.38. The lowest BCUT2D eigenvalue weighted by Crippen LogP contribution is -2.49. The van der Waals surface area contributed by atoms with E-state index in [1.807, 2.05) is 33.0 Å². The summed E-state index contributed by atoms with van der Waals surface area (Å²) in [5, 5.41) is 18.9. The molecule has 1 aliphatic heterocycles. The molecule has 0 radical (unpaired) electrons. The molecule has 0 fully saturated rings. The average Bonchev–Trinajstić information content (AvgIpc) is 2.81. The number of benzene rings is 2. The summed E-state index contributed by atoms with van der Waals surface area (Å²) in [6.07, 6.45) is 3.44. The summed E-state index contributed by atoms with van der Waals surface area (Å²) >= 11 is 0. The molecule has 2 aromatic rings. The molecule has 1 heterocycles. The lowest BCUT2D eigenvalue weighted by Gasteiger charge is -2.37. The zero-order chi connectivity index (χ0) is 25.8. The second-order valence-corrected chi connectivity index (χ2v) is 11.0. The van der Waals surface area contributed by atoms with Crippen LogP contribution in [0.15, 0.2) is 53.4 Å². The third-order valence-electron chi connectivity index (χ3n) is 6.20. The number of likely N-dealkylation sites (N-methyl/N-ethyl adjacent to an activating group) is 1. The maximum Gasteiger partial charge on any atom is 0.335 e. The van der Waals surface area contributed by atoms with E-state index in [-0.39, 0.29) is 35.6 Å². The average molecular weight is 503 g/mol. The predicted octanol–water partition coefficient (Wildman–Crippen LogP) is 3.32. The Kier molecular flexibility index (Phi) is 8.71. The van der Waals surface area contributed by atoms with Crippen molar-refractivity contribution in [2.45, 2.75) is 44.4 Å². The molecule has 2 N–H and O–H groups in total. The molecule has 1 aliphatic rings. The Labute approximate surface area is 207 Å². The Hall–Kier alpha value is -2.72. The summed E-state index contributed by atoms with van der Waals surface area (Å²) in [5.41, 5.74) is 2.04. The van der Waals surface area contributed by atoms with Crippen molar-refractivity contribution in [2.24, 2.45) is 5.92 Å². The van der Waals surface area contributed by atoms with Crippen LogP contribution in [0.4, 0.5) is 0 Å². The van der Waals surface area contributed by atoms with Gasteiger partial charge in [0, 0.05) is 31.6 Å². The summed E-state index contributed by atoms with van der Waals surface area (Å²) < 4.78 is 34.7. The van der Waals surface area contributed by atoms with E-state index in [0.717, 1.165) is 11.1 Å². The van der Waals surface area contributed by atoms with Gasteiger partial charge in [0.2, 0.25) is 10.0 Å². The molecule has 0 spiro atoms. The number of fused-ring (bicyclic) bond motifs is 1. The molecule has 0 aromatic heterocycles. The molecular formula is C26H34N2O6S. The minimum absolute atomic E-state index is 0.0925. The Morgan fingerprint density at radius 2 is 1.94 bits per heavy atom. The van der Waals surface area contributed by atoms with Crippen LogP contribution < -0.4 is 4.74 Å². The molecule has 2 aromatic carbocycles. The normalized spacial score (nSPS) is 21.2. The van der Waals surface area contributed by atoms with Crippen LogP contribution in [-0.2, 0) is 16.6 Å². The van der Waals surface area contributed by atoms with Gasteiger partial charge in [0.05, 0.1) is 12.2 Å². The molecule has 0 bridgehead atoms. The first kappa shape index (κ1) is 26.9. The number of allylic oxidation sites excluding steroid dienone is 1. The minimum Gasteiger partial charge on any atom is -0.487 e. The zero-order valence-corrected chi connectivity index (χ0v) is 21.4. The topological polar surface area (TPSA) is 107 Å². The van der Waals surface area contributed by atoms with Gasteiger partial charge in [-0.15, -0.1) is 0 Å². The fraction of sp³-hybridized carbons (Fsp3) is 0.423. The lowest BCUT2D eigenvalue weighted by molar-refractivity contribution is 0.0697. The van der Waals surface area contributed by atoms with Gasteiger partial charge in [-0.1, -0.05) is 37.3 Å². The van der Waals surface area contributed by atoms with Gasteiger partial charge in [-0.05, 0) is 56.3 Å². The zero-order valence-electron chi connectivity index (χ0n) is 20.6. The summed E-state index contributed by atoms with van der Waals surface area (Å²) in [4.78, 5) is 13.3. The number of hydrogen-bond donors (Lipinski definition) is 2. The lowest BCUT2D eigenvalue weighted by atomic mass is 10.0.